The lowest BCUT2D eigenvalue weighted by atomic mass is 10.0. The van der Waals surface area contributed by atoms with E-state index in [9.17, 15) is 4.39 Å². The zero-order valence-corrected chi connectivity index (χ0v) is 16.4. The smallest absolute Gasteiger partial charge is 0.127 e. The van der Waals surface area contributed by atoms with Crippen molar-refractivity contribution in [3.63, 3.8) is 0 Å². The van der Waals surface area contributed by atoms with E-state index in [0.29, 0.717) is 11.8 Å². The summed E-state index contributed by atoms with van der Waals surface area (Å²) in [4.78, 5) is 7.18. The molecule has 0 amide bonds. The number of halogens is 1. The summed E-state index contributed by atoms with van der Waals surface area (Å²) in [7, 11) is 3.72. The van der Waals surface area contributed by atoms with Gasteiger partial charge in [0, 0.05) is 12.1 Å². The molecule has 4 nitrogen and oxygen atoms in total. The number of benzene rings is 2. The van der Waals surface area contributed by atoms with Gasteiger partial charge in [-0.05, 0) is 62.8 Å². The van der Waals surface area contributed by atoms with Gasteiger partial charge in [0.05, 0.1) is 23.4 Å². The first-order valence-corrected chi connectivity index (χ1v) is 10.1. The van der Waals surface area contributed by atoms with E-state index in [4.69, 9.17) is 9.72 Å². The molecule has 0 bridgehead atoms. The van der Waals surface area contributed by atoms with Crippen LogP contribution in [0.4, 0.5) is 4.39 Å². The number of piperidine rings is 1. The predicted octanol–water partition coefficient (Wildman–Crippen LogP) is 4.22. The first-order chi connectivity index (χ1) is 13.1. The maximum absolute atomic E-state index is 14.2. The van der Waals surface area contributed by atoms with E-state index >= 15 is 0 Å². The van der Waals surface area contributed by atoms with Crippen LogP contribution < -0.4 is 10.1 Å². The molecule has 1 aromatic heterocycles. The standard InChI is InChI=1S/C21H24FN3OS/c1-25-9-7-16(8-10-25)23-20(14-11-15(22)13-17(12-14)26-2)21-24-18-5-3-4-6-19(18)27-21/h3-6,11-13,16,20,23H,7-10H2,1-2H3. The molecule has 1 unspecified atom stereocenters. The molecule has 1 aliphatic heterocycles. The van der Waals surface area contributed by atoms with Gasteiger partial charge in [0.15, 0.2) is 0 Å². The molecule has 1 aliphatic rings. The van der Waals surface area contributed by atoms with Gasteiger partial charge in [-0.3, -0.25) is 0 Å². The maximum Gasteiger partial charge on any atom is 0.127 e. The maximum atomic E-state index is 14.2. The summed E-state index contributed by atoms with van der Waals surface area (Å²) in [5.74, 6) is 0.238. The Bertz CT molecular complexity index is 888. The number of hydrogen-bond donors (Lipinski definition) is 1. The number of nitrogens with one attached hydrogen (secondary N) is 1. The fourth-order valence-corrected chi connectivity index (χ4v) is 4.66. The van der Waals surface area contributed by atoms with Gasteiger partial charge in [0.1, 0.15) is 16.6 Å². The van der Waals surface area contributed by atoms with Crippen LogP contribution in [0.25, 0.3) is 10.2 Å². The van der Waals surface area contributed by atoms with E-state index in [2.05, 4.69) is 23.3 Å². The fraction of sp³-hybridized carbons (Fsp3) is 0.381. The van der Waals surface area contributed by atoms with Crippen molar-refractivity contribution < 1.29 is 9.13 Å². The number of rotatable bonds is 5. The van der Waals surface area contributed by atoms with Gasteiger partial charge in [-0.25, -0.2) is 9.37 Å². The van der Waals surface area contributed by atoms with Crippen molar-refractivity contribution in [2.45, 2.75) is 24.9 Å². The Morgan fingerprint density at radius 1 is 1.22 bits per heavy atom. The Kier molecular flexibility index (Phi) is 5.38. The summed E-state index contributed by atoms with van der Waals surface area (Å²) in [5, 5.41) is 4.71. The molecule has 1 N–H and O–H groups in total. The molecule has 0 radical (unpaired) electrons. The third-order valence-electron chi connectivity index (χ3n) is 5.14. The van der Waals surface area contributed by atoms with E-state index < -0.39 is 0 Å². The van der Waals surface area contributed by atoms with Crippen molar-refractivity contribution in [3.05, 3.63) is 58.9 Å². The van der Waals surface area contributed by atoms with Crippen LogP contribution in [-0.2, 0) is 0 Å². The number of ether oxygens (including phenoxy) is 1. The molecule has 1 atom stereocenters. The summed E-state index contributed by atoms with van der Waals surface area (Å²) in [6, 6.07) is 13.2. The van der Waals surface area contributed by atoms with Crippen molar-refractivity contribution in [2.24, 2.45) is 0 Å². The van der Waals surface area contributed by atoms with Gasteiger partial charge >= 0.3 is 0 Å². The molecule has 4 rings (SSSR count). The highest BCUT2D eigenvalue weighted by Crippen LogP contribution is 2.33. The normalized spacial score (nSPS) is 17.3. The largest absolute Gasteiger partial charge is 0.497 e. The minimum Gasteiger partial charge on any atom is -0.497 e. The average molecular weight is 386 g/mol. The number of thiazole rings is 1. The van der Waals surface area contributed by atoms with E-state index in [1.54, 1.807) is 24.5 Å². The third-order valence-corrected chi connectivity index (χ3v) is 6.24. The topological polar surface area (TPSA) is 37.4 Å². The summed E-state index contributed by atoms with van der Waals surface area (Å²) in [6.07, 6.45) is 2.15. The first-order valence-electron chi connectivity index (χ1n) is 9.27. The van der Waals surface area contributed by atoms with E-state index in [1.807, 2.05) is 24.3 Å². The minimum atomic E-state index is -0.291. The Balaban J connectivity index is 1.71. The molecule has 3 aromatic rings. The van der Waals surface area contributed by atoms with Gasteiger partial charge in [-0.1, -0.05) is 12.1 Å². The molecule has 142 valence electrons. The van der Waals surface area contributed by atoms with Crippen LogP contribution in [-0.4, -0.2) is 43.2 Å². The third kappa shape index (κ3) is 4.13. The number of hydrogen-bond acceptors (Lipinski definition) is 5. The number of para-hydroxylation sites is 1. The summed E-state index contributed by atoms with van der Waals surface area (Å²) < 4.78 is 20.6. The summed E-state index contributed by atoms with van der Waals surface area (Å²) in [6.45, 7) is 2.13. The molecule has 27 heavy (non-hydrogen) atoms. The van der Waals surface area contributed by atoms with E-state index in [-0.39, 0.29) is 11.9 Å². The molecule has 0 aliphatic carbocycles. The van der Waals surface area contributed by atoms with Crippen molar-refractivity contribution in [1.29, 1.82) is 0 Å². The van der Waals surface area contributed by atoms with Gasteiger partial charge in [-0.2, -0.15) is 0 Å². The molecular weight excluding hydrogens is 361 g/mol. The second-order valence-corrected chi connectivity index (χ2v) is 8.18. The lowest BCUT2D eigenvalue weighted by molar-refractivity contribution is 0.229. The number of methoxy groups -OCH3 is 1. The van der Waals surface area contributed by atoms with Crippen molar-refractivity contribution in [2.75, 3.05) is 27.2 Å². The highest BCUT2D eigenvalue weighted by Gasteiger charge is 2.25. The highest BCUT2D eigenvalue weighted by molar-refractivity contribution is 7.18. The quantitative estimate of drug-likeness (QED) is 0.714. The summed E-state index contributed by atoms with van der Waals surface area (Å²) >= 11 is 1.66. The fourth-order valence-electron chi connectivity index (χ4n) is 3.60. The SMILES string of the molecule is COc1cc(F)cc(C(NC2CCN(C)CC2)c2nc3ccccc3s2)c1. The van der Waals surface area contributed by atoms with Crippen LogP contribution in [0, 0.1) is 5.82 Å². The van der Waals surface area contributed by atoms with Gasteiger partial charge in [-0.15, -0.1) is 11.3 Å². The minimum absolute atomic E-state index is 0.152. The molecule has 2 heterocycles. The molecule has 0 saturated carbocycles. The molecule has 1 fully saturated rings. The highest BCUT2D eigenvalue weighted by atomic mass is 32.1. The van der Waals surface area contributed by atoms with Crippen LogP contribution in [0.3, 0.4) is 0 Å². The van der Waals surface area contributed by atoms with Gasteiger partial charge < -0.3 is 15.0 Å². The molecular formula is C21H24FN3OS. The molecule has 6 heteroatoms. The predicted molar refractivity (Wildman–Crippen MR) is 108 cm³/mol. The van der Waals surface area contributed by atoms with Crippen LogP contribution in [0.5, 0.6) is 5.75 Å². The van der Waals surface area contributed by atoms with Crippen LogP contribution in [0.2, 0.25) is 0 Å². The lowest BCUT2D eigenvalue weighted by Crippen LogP contribution is -2.42. The lowest BCUT2D eigenvalue weighted by Gasteiger charge is -2.32. The Morgan fingerprint density at radius 2 is 2.00 bits per heavy atom. The van der Waals surface area contributed by atoms with Gasteiger partial charge in [0.2, 0.25) is 0 Å². The average Bonchev–Trinajstić information content (AvgIpc) is 3.10. The number of fused-ring (bicyclic) bond motifs is 1. The van der Waals surface area contributed by atoms with Crippen LogP contribution in [0.15, 0.2) is 42.5 Å². The first kappa shape index (κ1) is 18.3. The number of nitrogens with zero attached hydrogens (tertiary/aromatic N) is 2. The van der Waals surface area contributed by atoms with Crippen LogP contribution in [0.1, 0.15) is 29.5 Å². The van der Waals surface area contributed by atoms with Crippen molar-refractivity contribution >= 4 is 21.6 Å². The van der Waals surface area contributed by atoms with Gasteiger partial charge in [0.25, 0.3) is 0 Å². The zero-order valence-electron chi connectivity index (χ0n) is 15.6. The van der Waals surface area contributed by atoms with E-state index in [0.717, 1.165) is 46.7 Å². The molecule has 1 saturated heterocycles. The van der Waals surface area contributed by atoms with Crippen molar-refractivity contribution in [1.82, 2.24) is 15.2 Å². The monoisotopic (exact) mass is 385 g/mol. The zero-order chi connectivity index (χ0) is 18.8. The Morgan fingerprint density at radius 3 is 2.74 bits per heavy atom. The number of aromatic nitrogens is 1. The second-order valence-electron chi connectivity index (χ2n) is 7.12. The van der Waals surface area contributed by atoms with Crippen LogP contribution >= 0.6 is 11.3 Å². The van der Waals surface area contributed by atoms with Crippen molar-refractivity contribution in [3.8, 4) is 5.75 Å². The van der Waals surface area contributed by atoms with E-state index in [1.165, 1.54) is 6.07 Å². The molecule has 0 spiro atoms. The Labute approximate surface area is 163 Å². The Hall–Kier alpha value is -2.02. The summed E-state index contributed by atoms with van der Waals surface area (Å²) in [5.41, 5.74) is 1.83. The number of likely N-dealkylation sites (tertiary alicyclic amines) is 1. The molecule has 2 aromatic carbocycles. The second kappa shape index (κ2) is 7.92.